The molecule has 0 heterocycles. The van der Waals surface area contributed by atoms with Crippen molar-refractivity contribution in [2.45, 2.75) is 12.7 Å². The zero-order valence-electron chi connectivity index (χ0n) is 12.7. The predicted octanol–water partition coefficient (Wildman–Crippen LogP) is 3.75. The third kappa shape index (κ3) is 5.45. The van der Waals surface area contributed by atoms with Crippen molar-refractivity contribution in [1.29, 1.82) is 0 Å². The van der Waals surface area contributed by atoms with Gasteiger partial charge in [-0.3, -0.25) is 4.79 Å². The van der Waals surface area contributed by atoms with E-state index in [0.717, 1.165) is 17.3 Å². The van der Waals surface area contributed by atoms with Gasteiger partial charge in [0.25, 0.3) is 5.91 Å². The van der Waals surface area contributed by atoms with Gasteiger partial charge in [0.1, 0.15) is 5.75 Å². The molecule has 0 spiro atoms. The number of benzene rings is 2. The summed E-state index contributed by atoms with van der Waals surface area (Å²) in [5, 5.41) is 2.94. The molecule has 0 aromatic heterocycles. The molecule has 3 nitrogen and oxygen atoms in total. The van der Waals surface area contributed by atoms with Gasteiger partial charge < -0.3 is 10.1 Å². The van der Waals surface area contributed by atoms with Gasteiger partial charge in [-0.25, -0.2) is 0 Å². The lowest BCUT2D eigenvalue weighted by Gasteiger charge is -2.07. The fourth-order valence-electron chi connectivity index (χ4n) is 1.97. The molecule has 0 aliphatic rings. The Hall–Kier alpha value is -1.94. The van der Waals surface area contributed by atoms with Gasteiger partial charge in [0.15, 0.2) is 0 Å². The van der Waals surface area contributed by atoms with Crippen LogP contribution in [0.2, 0.25) is 0 Å². The van der Waals surface area contributed by atoms with Crippen LogP contribution in [0.3, 0.4) is 0 Å². The van der Waals surface area contributed by atoms with Gasteiger partial charge in [-0.2, -0.15) is 11.8 Å². The molecule has 2 rings (SSSR count). The lowest BCUT2D eigenvalue weighted by atomic mass is 10.2. The predicted molar refractivity (Wildman–Crippen MR) is 92.5 cm³/mol. The molecule has 4 heteroatoms. The summed E-state index contributed by atoms with van der Waals surface area (Å²) in [5.74, 6) is 2.62. The Bertz CT molecular complexity index is 569. The van der Waals surface area contributed by atoms with Crippen LogP contribution in [0.5, 0.6) is 5.75 Å². The maximum absolute atomic E-state index is 12.0. The van der Waals surface area contributed by atoms with E-state index in [9.17, 15) is 4.79 Å². The van der Waals surface area contributed by atoms with Crippen molar-refractivity contribution < 1.29 is 9.53 Å². The van der Waals surface area contributed by atoms with Crippen LogP contribution in [0.4, 0.5) is 0 Å². The summed E-state index contributed by atoms with van der Waals surface area (Å²) < 4.78 is 5.36. The molecule has 0 saturated heterocycles. The highest BCUT2D eigenvalue weighted by atomic mass is 32.2. The van der Waals surface area contributed by atoms with Crippen LogP contribution in [0.25, 0.3) is 0 Å². The standard InChI is InChI=1S/C18H21NO2S/c1-2-21-17-10-8-16(9-11-17)18(20)19-12-13-22-14-15-6-4-3-5-7-15/h3-11H,2,12-14H2,1H3,(H,19,20). The first-order valence-electron chi connectivity index (χ1n) is 7.42. The number of carbonyl (C=O) groups excluding carboxylic acids is 1. The van der Waals surface area contributed by atoms with Crippen molar-refractivity contribution in [2.24, 2.45) is 0 Å². The van der Waals surface area contributed by atoms with Crippen LogP contribution in [-0.4, -0.2) is 24.8 Å². The second-order valence-electron chi connectivity index (χ2n) is 4.75. The topological polar surface area (TPSA) is 38.3 Å². The second-order valence-corrected chi connectivity index (χ2v) is 5.86. The first-order chi connectivity index (χ1) is 10.8. The van der Waals surface area contributed by atoms with Gasteiger partial charge in [0.05, 0.1) is 6.61 Å². The molecule has 1 amide bonds. The largest absolute Gasteiger partial charge is 0.494 e. The molecule has 0 aliphatic carbocycles. The van der Waals surface area contributed by atoms with Crippen molar-refractivity contribution in [3.8, 4) is 5.75 Å². The highest BCUT2D eigenvalue weighted by Gasteiger charge is 2.04. The van der Waals surface area contributed by atoms with Crippen molar-refractivity contribution in [3.63, 3.8) is 0 Å². The van der Waals surface area contributed by atoms with Gasteiger partial charge in [0.2, 0.25) is 0 Å². The van der Waals surface area contributed by atoms with E-state index < -0.39 is 0 Å². The number of amides is 1. The third-order valence-electron chi connectivity index (χ3n) is 3.07. The molecule has 0 aliphatic heterocycles. The van der Waals surface area contributed by atoms with Crippen LogP contribution in [-0.2, 0) is 5.75 Å². The molecule has 116 valence electrons. The monoisotopic (exact) mass is 315 g/mol. The number of nitrogens with one attached hydrogen (secondary N) is 1. The number of hydrogen-bond donors (Lipinski definition) is 1. The second kappa shape index (κ2) is 9.15. The van der Waals surface area contributed by atoms with Gasteiger partial charge in [-0.05, 0) is 36.8 Å². The average molecular weight is 315 g/mol. The minimum absolute atomic E-state index is 0.0386. The molecule has 22 heavy (non-hydrogen) atoms. The molecular formula is C18H21NO2S. The summed E-state index contributed by atoms with van der Waals surface area (Å²) in [4.78, 5) is 12.0. The zero-order valence-corrected chi connectivity index (χ0v) is 13.6. The van der Waals surface area contributed by atoms with E-state index in [1.54, 1.807) is 12.1 Å². The fourth-order valence-corrected chi connectivity index (χ4v) is 2.79. The zero-order chi connectivity index (χ0) is 15.6. The quantitative estimate of drug-likeness (QED) is 0.754. The van der Waals surface area contributed by atoms with Crippen molar-refractivity contribution in [1.82, 2.24) is 5.32 Å². The number of hydrogen-bond acceptors (Lipinski definition) is 3. The van der Waals surface area contributed by atoms with E-state index in [0.29, 0.717) is 18.7 Å². The Morgan fingerprint density at radius 3 is 2.50 bits per heavy atom. The number of carbonyl (C=O) groups is 1. The van der Waals surface area contributed by atoms with Gasteiger partial charge in [0, 0.05) is 23.6 Å². The Kier molecular flexibility index (Phi) is 6.84. The van der Waals surface area contributed by atoms with E-state index in [1.807, 2.05) is 49.0 Å². The highest BCUT2D eigenvalue weighted by Crippen LogP contribution is 2.13. The van der Waals surface area contributed by atoms with E-state index in [4.69, 9.17) is 4.74 Å². The number of thioether (sulfide) groups is 1. The molecule has 0 saturated carbocycles. The first kappa shape index (κ1) is 16.4. The lowest BCUT2D eigenvalue weighted by molar-refractivity contribution is 0.0956. The molecular weight excluding hydrogens is 294 g/mol. The van der Waals surface area contributed by atoms with Crippen molar-refractivity contribution in [2.75, 3.05) is 18.9 Å². The van der Waals surface area contributed by atoms with Gasteiger partial charge in [-0.1, -0.05) is 30.3 Å². The molecule has 2 aromatic rings. The van der Waals surface area contributed by atoms with E-state index in [-0.39, 0.29) is 5.91 Å². The average Bonchev–Trinajstić information content (AvgIpc) is 2.56. The maximum atomic E-state index is 12.0. The van der Waals surface area contributed by atoms with E-state index in [1.165, 1.54) is 5.56 Å². The van der Waals surface area contributed by atoms with Crippen LogP contribution >= 0.6 is 11.8 Å². The summed E-state index contributed by atoms with van der Waals surface area (Å²) in [6.45, 7) is 3.24. The highest BCUT2D eigenvalue weighted by molar-refractivity contribution is 7.98. The molecule has 0 fully saturated rings. The summed E-state index contributed by atoms with van der Waals surface area (Å²) in [5.41, 5.74) is 1.97. The Labute approximate surface area is 136 Å². The Balaban J connectivity index is 1.67. The van der Waals surface area contributed by atoms with Gasteiger partial charge in [-0.15, -0.1) is 0 Å². The Morgan fingerprint density at radius 1 is 1.09 bits per heavy atom. The molecule has 1 N–H and O–H groups in total. The number of rotatable bonds is 8. The number of ether oxygens (including phenoxy) is 1. The summed E-state index contributed by atoms with van der Waals surface area (Å²) in [7, 11) is 0. The van der Waals surface area contributed by atoms with Crippen LogP contribution in [0.1, 0.15) is 22.8 Å². The van der Waals surface area contributed by atoms with Crippen molar-refractivity contribution >= 4 is 17.7 Å². The van der Waals surface area contributed by atoms with Crippen LogP contribution in [0, 0.1) is 0 Å². The molecule has 0 radical (unpaired) electrons. The maximum Gasteiger partial charge on any atom is 0.251 e. The van der Waals surface area contributed by atoms with Gasteiger partial charge >= 0.3 is 0 Å². The van der Waals surface area contributed by atoms with Crippen molar-refractivity contribution in [3.05, 3.63) is 65.7 Å². The minimum atomic E-state index is -0.0386. The normalized spacial score (nSPS) is 10.2. The lowest BCUT2D eigenvalue weighted by Crippen LogP contribution is -2.25. The molecule has 0 bridgehead atoms. The third-order valence-corrected chi connectivity index (χ3v) is 4.10. The molecule has 2 aromatic carbocycles. The smallest absolute Gasteiger partial charge is 0.251 e. The minimum Gasteiger partial charge on any atom is -0.494 e. The van der Waals surface area contributed by atoms with Crippen LogP contribution < -0.4 is 10.1 Å². The summed E-state index contributed by atoms with van der Waals surface area (Å²) in [6.07, 6.45) is 0. The SMILES string of the molecule is CCOc1ccc(C(=O)NCCSCc2ccccc2)cc1. The van der Waals surface area contributed by atoms with E-state index >= 15 is 0 Å². The van der Waals surface area contributed by atoms with Crippen LogP contribution in [0.15, 0.2) is 54.6 Å². The fraction of sp³-hybridized carbons (Fsp3) is 0.278. The summed E-state index contributed by atoms with van der Waals surface area (Å²) >= 11 is 1.82. The Morgan fingerprint density at radius 2 is 1.82 bits per heavy atom. The first-order valence-corrected chi connectivity index (χ1v) is 8.58. The molecule has 0 atom stereocenters. The van der Waals surface area contributed by atoms with E-state index in [2.05, 4.69) is 17.4 Å². The molecule has 0 unspecified atom stereocenters. The summed E-state index contributed by atoms with van der Waals surface area (Å²) in [6, 6.07) is 17.6.